The van der Waals surface area contributed by atoms with Crippen LogP contribution >= 0.6 is 0 Å². The number of fused-ring (bicyclic) bond motifs is 3. The summed E-state index contributed by atoms with van der Waals surface area (Å²) < 4.78 is 18.6. The predicted molar refractivity (Wildman–Crippen MR) is 91.4 cm³/mol. The van der Waals surface area contributed by atoms with Crippen LogP contribution in [0, 0.1) is 23.6 Å². The minimum atomic E-state index is -0.310. The van der Waals surface area contributed by atoms with E-state index in [0.29, 0.717) is 23.3 Å². The number of amides is 1. The number of carbonyl (C=O) groups is 1. The van der Waals surface area contributed by atoms with E-state index in [0.717, 1.165) is 49.9 Å². The van der Waals surface area contributed by atoms with Crippen LogP contribution in [0.25, 0.3) is 11.0 Å². The third kappa shape index (κ3) is 2.48. The van der Waals surface area contributed by atoms with Gasteiger partial charge in [-0.05, 0) is 49.7 Å². The zero-order valence-electron chi connectivity index (χ0n) is 14.0. The molecule has 2 aromatic rings. The number of hydrogen-bond acceptors (Lipinski definition) is 3. The smallest absolute Gasteiger partial charge is 0.226 e. The molecule has 1 aromatic carbocycles. The Kier molecular flexibility index (Phi) is 3.43. The van der Waals surface area contributed by atoms with Gasteiger partial charge in [-0.2, -0.15) is 0 Å². The van der Waals surface area contributed by atoms with Crippen LogP contribution in [-0.4, -0.2) is 29.1 Å². The van der Waals surface area contributed by atoms with Crippen LogP contribution in [0.5, 0.6) is 0 Å². The molecular formula is C20H21FN2O2. The molecule has 1 aliphatic heterocycles. The molecule has 0 N–H and O–H groups in total. The van der Waals surface area contributed by atoms with Gasteiger partial charge in [0.2, 0.25) is 5.91 Å². The summed E-state index contributed by atoms with van der Waals surface area (Å²) >= 11 is 0. The van der Waals surface area contributed by atoms with Gasteiger partial charge >= 0.3 is 0 Å². The van der Waals surface area contributed by atoms with E-state index in [2.05, 4.69) is 17.3 Å². The Bertz CT molecular complexity index is 850. The number of benzene rings is 1. The quantitative estimate of drug-likeness (QED) is 0.779. The second-order valence-corrected chi connectivity index (χ2v) is 7.69. The lowest BCUT2D eigenvalue weighted by molar-refractivity contribution is -0.137. The second kappa shape index (κ2) is 5.68. The summed E-state index contributed by atoms with van der Waals surface area (Å²) in [5, 5.41) is 5.08. The summed E-state index contributed by atoms with van der Waals surface area (Å²) in [6, 6.07) is 4.58. The number of piperidine rings is 1. The predicted octanol–water partition coefficient (Wildman–Crippen LogP) is 3.89. The van der Waals surface area contributed by atoms with Gasteiger partial charge in [-0.25, -0.2) is 4.39 Å². The molecule has 5 rings (SSSR count). The van der Waals surface area contributed by atoms with Gasteiger partial charge in [0.15, 0.2) is 5.58 Å². The first kappa shape index (κ1) is 15.1. The molecule has 2 heterocycles. The number of carbonyl (C=O) groups excluding carboxylic acids is 1. The van der Waals surface area contributed by atoms with Crippen LogP contribution in [0.1, 0.15) is 37.3 Å². The molecule has 3 aliphatic rings. The van der Waals surface area contributed by atoms with Crippen molar-refractivity contribution in [1.29, 1.82) is 0 Å². The third-order valence-electron chi connectivity index (χ3n) is 6.25. The molecular weight excluding hydrogens is 319 g/mol. The number of aromatic nitrogens is 1. The molecule has 0 spiro atoms. The molecule has 1 saturated carbocycles. The fourth-order valence-corrected chi connectivity index (χ4v) is 4.90. The van der Waals surface area contributed by atoms with E-state index in [1.54, 1.807) is 6.07 Å². The summed E-state index contributed by atoms with van der Waals surface area (Å²) in [6.07, 6.45) is 8.49. The molecule has 3 atom stereocenters. The van der Waals surface area contributed by atoms with Crippen molar-refractivity contribution in [2.75, 3.05) is 13.1 Å². The Morgan fingerprint density at radius 2 is 2.04 bits per heavy atom. The minimum absolute atomic E-state index is 0.197. The number of rotatable bonds is 2. The van der Waals surface area contributed by atoms with Gasteiger partial charge < -0.3 is 9.42 Å². The van der Waals surface area contributed by atoms with E-state index in [1.807, 2.05) is 4.90 Å². The minimum Gasteiger partial charge on any atom is -0.356 e. The molecule has 1 amide bonds. The largest absolute Gasteiger partial charge is 0.356 e. The summed E-state index contributed by atoms with van der Waals surface area (Å²) in [5.41, 5.74) is 1.41. The van der Waals surface area contributed by atoms with E-state index in [9.17, 15) is 9.18 Å². The fraction of sp³-hybridized carbons (Fsp3) is 0.500. The Hall–Kier alpha value is -2.17. The molecule has 5 heteroatoms. The van der Waals surface area contributed by atoms with Crippen molar-refractivity contribution < 1.29 is 13.7 Å². The van der Waals surface area contributed by atoms with Gasteiger partial charge in [0, 0.05) is 36.4 Å². The maximum absolute atomic E-state index is 13.3. The standard InChI is InChI=1S/C20H21FN2O2/c21-15-3-4-16-18(11-15)25-22-19(16)13-5-7-23(8-6-13)20(24)17-10-12-1-2-14(17)9-12/h1-4,11-14,17H,5-10H2/t12-,14+,17-/m1/s1. The SMILES string of the molecule is O=C([C@@H]1C[C@@H]2C=C[C@H]1C2)N1CCC(c2noc3cc(F)ccc23)CC1. The average Bonchev–Trinajstić information content (AvgIpc) is 3.36. The van der Waals surface area contributed by atoms with Crippen molar-refractivity contribution in [3.63, 3.8) is 0 Å². The fourth-order valence-electron chi connectivity index (χ4n) is 4.90. The van der Waals surface area contributed by atoms with Crippen LogP contribution < -0.4 is 0 Å². The van der Waals surface area contributed by atoms with Gasteiger partial charge in [-0.3, -0.25) is 4.79 Å². The average molecular weight is 340 g/mol. The van der Waals surface area contributed by atoms with Crippen molar-refractivity contribution in [1.82, 2.24) is 10.1 Å². The monoisotopic (exact) mass is 340 g/mol. The molecule has 2 fully saturated rings. The number of nitrogens with zero attached hydrogens (tertiary/aromatic N) is 2. The number of allylic oxidation sites excluding steroid dienone is 2. The molecule has 1 aromatic heterocycles. The van der Waals surface area contributed by atoms with Gasteiger partial charge in [-0.15, -0.1) is 0 Å². The van der Waals surface area contributed by atoms with Crippen LogP contribution in [0.3, 0.4) is 0 Å². The van der Waals surface area contributed by atoms with Crippen molar-refractivity contribution in [3.05, 3.63) is 41.9 Å². The van der Waals surface area contributed by atoms with E-state index in [-0.39, 0.29) is 17.7 Å². The van der Waals surface area contributed by atoms with E-state index in [4.69, 9.17) is 4.52 Å². The van der Waals surface area contributed by atoms with E-state index < -0.39 is 0 Å². The van der Waals surface area contributed by atoms with Gasteiger partial charge in [-0.1, -0.05) is 17.3 Å². The molecule has 130 valence electrons. The molecule has 0 radical (unpaired) electrons. The molecule has 0 unspecified atom stereocenters. The third-order valence-corrected chi connectivity index (χ3v) is 6.25. The van der Waals surface area contributed by atoms with Crippen LogP contribution in [0.4, 0.5) is 4.39 Å². The maximum atomic E-state index is 13.3. The summed E-state index contributed by atoms with van der Waals surface area (Å²) in [4.78, 5) is 14.9. The molecule has 1 saturated heterocycles. The van der Waals surface area contributed by atoms with Crippen LogP contribution in [-0.2, 0) is 4.79 Å². The summed E-state index contributed by atoms with van der Waals surface area (Å²) in [7, 11) is 0. The van der Waals surface area contributed by atoms with Crippen molar-refractivity contribution in [3.8, 4) is 0 Å². The maximum Gasteiger partial charge on any atom is 0.226 e. The molecule has 2 bridgehead atoms. The normalized spacial score (nSPS) is 29.0. The zero-order chi connectivity index (χ0) is 17.0. The Morgan fingerprint density at radius 3 is 2.76 bits per heavy atom. The highest BCUT2D eigenvalue weighted by atomic mass is 19.1. The molecule has 2 aliphatic carbocycles. The number of hydrogen-bond donors (Lipinski definition) is 0. The topological polar surface area (TPSA) is 46.3 Å². The highest BCUT2D eigenvalue weighted by Gasteiger charge is 2.42. The van der Waals surface area contributed by atoms with Crippen molar-refractivity contribution in [2.24, 2.45) is 17.8 Å². The van der Waals surface area contributed by atoms with E-state index in [1.165, 1.54) is 12.1 Å². The number of halogens is 1. The Morgan fingerprint density at radius 1 is 1.20 bits per heavy atom. The van der Waals surface area contributed by atoms with Crippen LogP contribution in [0.15, 0.2) is 34.9 Å². The highest BCUT2D eigenvalue weighted by Crippen LogP contribution is 2.44. The zero-order valence-corrected chi connectivity index (χ0v) is 14.0. The lowest BCUT2D eigenvalue weighted by Gasteiger charge is -2.34. The van der Waals surface area contributed by atoms with Gasteiger partial charge in [0.1, 0.15) is 5.82 Å². The number of likely N-dealkylation sites (tertiary alicyclic amines) is 1. The Balaban J connectivity index is 1.28. The lowest BCUT2D eigenvalue weighted by atomic mass is 9.88. The first-order chi connectivity index (χ1) is 12.2. The molecule has 25 heavy (non-hydrogen) atoms. The first-order valence-corrected chi connectivity index (χ1v) is 9.21. The second-order valence-electron chi connectivity index (χ2n) is 7.69. The molecule has 4 nitrogen and oxygen atoms in total. The van der Waals surface area contributed by atoms with E-state index >= 15 is 0 Å². The Labute approximate surface area is 145 Å². The van der Waals surface area contributed by atoms with Gasteiger partial charge in [0.05, 0.1) is 5.69 Å². The van der Waals surface area contributed by atoms with Crippen LogP contribution in [0.2, 0.25) is 0 Å². The summed E-state index contributed by atoms with van der Waals surface area (Å²) in [6.45, 7) is 1.55. The summed E-state index contributed by atoms with van der Waals surface area (Å²) in [5.74, 6) is 1.58. The van der Waals surface area contributed by atoms with Crippen molar-refractivity contribution >= 4 is 16.9 Å². The lowest BCUT2D eigenvalue weighted by Crippen LogP contribution is -2.42. The van der Waals surface area contributed by atoms with Crippen molar-refractivity contribution in [2.45, 2.75) is 31.6 Å². The first-order valence-electron chi connectivity index (χ1n) is 9.21. The highest BCUT2D eigenvalue weighted by molar-refractivity contribution is 5.81. The van der Waals surface area contributed by atoms with Gasteiger partial charge in [0.25, 0.3) is 0 Å².